The molecule has 1 unspecified atom stereocenters. The number of hydrogen-bond donors (Lipinski definition) is 1. The van der Waals surface area contributed by atoms with Crippen LogP contribution in [-0.4, -0.2) is 18.8 Å². The molecular formula is C12H17ClO2. The second-order valence-electron chi connectivity index (χ2n) is 3.56. The fourth-order valence-electron chi connectivity index (χ4n) is 1.46. The maximum absolute atomic E-state index is 9.84. The van der Waals surface area contributed by atoms with Gasteiger partial charge in [-0.05, 0) is 37.0 Å². The third-order valence-electron chi connectivity index (χ3n) is 2.31. The number of hydrogen-bond acceptors (Lipinski definition) is 2. The Bertz CT molecular complexity index is 289. The summed E-state index contributed by atoms with van der Waals surface area (Å²) >= 11 is 5.84. The topological polar surface area (TPSA) is 29.5 Å². The molecule has 3 heteroatoms. The fourth-order valence-corrected chi connectivity index (χ4v) is 1.66. The molecule has 1 aromatic carbocycles. The second-order valence-corrected chi connectivity index (χ2v) is 4.00. The van der Waals surface area contributed by atoms with Crippen LogP contribution in [0, 0.1) is 0 Å². The lowest BCUT2D eigenvalue weighted by molar-refractivity contribution is 0.151. The molecule has 0 fully saturated rings. The smallest absolute Gasteiger partial charge is 0.0790 e. The van der Waals surface area contributed by atoms with Gasteiger partial charge in [-0.2, -0.15) is 0 Å². The van der Waals surface area contributed by atoms with Crippen LogP contribution in [0.25, 0.3) is 0 Å². The minimum atomic E-state index is -0.416. The third kappa shape index (κ3) is 4.65. The zero-order valence-corrected chi connectivity index (χ0v) is 9.70. The van der Waals surface area contributed by atoms with Gasteiger partial charge in [-0.25, -0.2) is 0 Å². The molecule has 2 nitrogen and oxygen atoms in total. The molecule has 0 aliphatic heterocycles. The number of halogens is 1. The maximum atomic E-state index is 9.84. The van der Waals surface area contributed by atoms with Crippen LogP contribution in [0.2, 0.25) is 5.02 Å². The quantitative estimate of drug-likeness (QED) is 0.758. The molecule has 0 aliphatic rings. The first-order valence-electron chi connectivity index (χ1n) is 5.16. The molecular weight excluding hydrogens is 212 g/mol. The number of benzene rings is 1. The highest BCUT2D eigenvalue weighted by molar-refractivity contribution is 6.30. The lowest BCUT2D eigenvalue weighted by Gasteiger charge is -2.10. The molecule has 0 saturated heterocycles. The Morgan fingerprint density at radius 3 is 2.87 bits per heavy atom. The molecule has 0 amide bonds. The van der Waals surface area contributed by atoms with Gasteiger partial charge in [0.15, 0.2) is 0 Å². The van der Waals surface area contributed by atoms with E-state index in [4.69, 9.17) is 16.3 Å². The summed E-state index contributed by atoms with van der Waals surface area (Å²) in [6, 6.07) is 7.37. The molecule has 0 heterocycles. The summed E-state index contributed by atoms with van der Waals surface area (Å²) in [5, 5.41) is 10.5. The zero-order valence-electron chi connectivity index (χ0n) is 8.95. The summed E-state index contributed by atoms with van der Waals surface area (Å²) in [5.74, 6) is 0. The highest BCUT2D eigenvalue weighted by atomic mass is 35.5. The number of aliphatic hydroxyl groups is 1. The van der Waals surface area contributed by atoms with E-state index in [1.54, 1.807) is 7.11 Å². The van der Waals surface area contributed by atoms with Gasteiger partial charge in [0.25, 0.3) is 0 Å². The number of methoxy groups -OCH3 is 1. The maximum Gasteiger partial charge on any atom is 0.0790 e. The van der Waals surface area contributed by atoms with Gasteiger partial charge < -0.3 is 9.84 Å². The van der Waals surface area contributed by atoms with Gasteiger partial charge in [-0.3, -0.25) is 0 Å². The Kier molecular flexibility index (Phi) is 5.69. The summed E-state index contributed by atoms with van der Waals surface area (Å²) in [6.07, 6.45) is 2.28. The van der Waals surface area contributed by atoms with Crippen molar-refractivity contribution in [2.45, 2.75) is 25.4 Å². The van der Waals surface area contributed by atoms with Gasteiger partial charge in [0.2, 0.25) is 0 Å². The van der Waals surface area contributed by atoms with Crippen molar-refractivity contribution in [2.75, 3.05) is 13.7 Å². The van der Waals surface area contributed by atoms with E-state index >= 15 is 0 Å². The summed E-state index contributed by atoms with van der Waals surface area (Å²) < 4.78 is 4.95. The van der Waals surface area contributed by atoms with Crippen LogP contribution in [0.1, 0.15) is 30.9 Å². The van der Waals surface area contributed by atoms with E-state index in [1.165, 1.54) is 0 Å². The predicted molar refractivity (Wildman–Crippen MR) is 62.1 cm³/mol. The van der Waals surface area contributed by atoms with Crippen LogP contribution in [0.15, 0.2) is 24.3 Å². The minimum absolute atomic E-state index is 0.416. The van der Waals surface area contributed by atoms with E-state index in [0.29, 0.717) is 5.02 Å². The monoisotopic (exact) mass is 228 g/mol. The van der Waals surface area contributed by atoms with Crippen LogP contribution < -0.4 is 0 Å². The van der Waals surface area contributed by atoms with E-state index in [-0.39, 0.29) is 0 Å². The van der Waals surface area contributed by atoms with Crippen molar-refractivity contribution in [3.63, 3.8) is 0 Å². The van der Waals surface area contributed by atoms with Gasteiger partial charge in [-0.15, -0.1) is 0 Å². The Balaban J connectivity index is 2.36. The minimum Gasteiger partial charge on any atom is -0.388 e. The van der Waals surface area contributed by atoms with E-state index in [9.17, 15) is 5.11 Å². The number of ether oxygens (including phenoxy) is 1. The van der Waals surface area contributed by atoms with Crippen molar-refractivity contribution in [2.24, 2.45) is 0 Å². The molecule has 0 spiro atoms. The van der Waals surface area contributed by atoms with Gasteiger partial charge >= 0.3 is 0 Å². The first-order valence-corrected chi connectivity index (χ1v) is 5.54. The van der Waals surface area contributed by atoms with Crippen molar-refractivity contribution in [3.05, 3.63) is 34.9 Å². The van der Waals surface area contributed by atoms with Crippen molar-refractivity contribution >= 4 is 11.6 Å². The standard InChI is InChI=1S/C12H17ClO2/c1-15-8-3-2-7-12(14)10-5-4-6-11(13)9-10/h4-6,9,12,14H,2-3,7-8H2,1H3. The number of rotatable bonds is 6. The van der Waals surface area contributed by atoms with Crippen molar-refractivity contribution < 1.29 is 9.84 Å². The van der Waals surface area contributed by atoms with Crippen LogP contribution in [-0.2, 0) is 4.74 Å². The van der Waals surface area contributed by atoms with Gasteiger partial charge in [0.05, 0.1) is 6.10 Å². The highest BCUT2D eigenvalue weighted by Gasteiger charge is 2.06. The normalized spacial score (nSPS) is 12.7. The van der Waals surface area contributed by atoms with Crippen LogP contribution in [0.4, 0.5) is 0 Å². The zero-order chi connectivity index (χ0) is 11.1. The summed E-state index contributed by atoms with van der Waals surface area (Å²) in [7, 11) is 1.69. The summed E-state index contributed by atoms with van der Waals surface area (Å²) in [5.41, 5.74) is 0.889. The van der Waals surface area contributed by atoms with E-state index < -0.39 is 6.10 Å². The summed E-state index contributed by atoms with van der Waals surface area (Å²) in [4.78, 5) is 0. The first-order chi connectivity index (χ1) is 7.24. The number of unbranched alkanes of at least 4 members (excludes halogenated alkanes) is 1. The molecule has 1 aromatic rings. The van der Waals surface area contributed by atoms with Crippen LogP contribution in [0.5, 0.6) is 0 Å². The average molecular weight is 229 g/mol. The van der Waals surface area contributed by atoms with Gasteiger partial charge in [0, 0.05) is 18.7 Å². The Morgan fingerprint density at radius 1 is 1.40 bits per heavy atom. The molecule has 1 N–H and O–H groups in total. The molecule has 84 valence electrons. The average Bonchev–Trinajstić information content (AvgIpc) is 2.24. The predicted octanol–water partition coefficient (Wildman–Crippen LogP) is 3.19. The first kappa shape index (κ1) is 12.5. The van der Waals surface area contributed by atoms with Gasteiger partial charge in [-0.1, -0.05) is 23.7 Å². The summed E-state index contributed by atoms with van der Waals surface area (Å²) in [6.45, 7) is 0.752. The SMILES string of the molecule is COCCCCC(O)c1cccc(Cl)c1. The molecule has 1 rings (SSSR count). The largest absolute Gasteiger partial charge is 0.388 e. The lowest BCUT2D eigenvalue weighted by atomic mass is 10.0. The Labute approximate surface area is 95.8 Å². The molecule has 1 atom stereocenters. The van der Waals surface area contributed by atoms with E-state index in [0.717, 1.165) is 31.4 Å². The molecule has 0 bridgehead atoms. The van der Waals surface area contributed by atoms with Crippen molar-refractivity contribution in [1.82, 2.24) is 0 Å². The molecule has 0 radical (unpaired) electrons. The Morgan fingerprint density at radius 2 is 2.20 bits per heavy atom. The second kappa shape index (κ2) is 6.83. The number of aliphatic hydroxyl groups excluding tert-OH is 1. The van der Waals surface area contributed by atoms with Crippen LogP contribution >= 0.6 is 11.6 Å². The third-order valence-corrected chi connectivity index (χ3v) is 2.54. The molecule has 0 aromatic heterocycles. The van der Waals surface area contributed by atoms with E-state index in [1.807, 2.05) is 24.3 Å². The van der Waals surface area contributed by atoms with Gasteiger partial charge in [0.1, 0.15) is 0 Å². The lowest BCUT2D eigenvalue weighted by Crippen LogP contribution is -1.98. The molecule has 0 aliphatic carbocycles. The van der Waals surface area contributed by atoms with Crippen molar-refractivity contribution in [3.8, 4) is 0 Å². The molecule has 0 saturated carbocycles. The molecule has 15 heavy (non-hydrogen) atoms. The highest BCUT2D eigenvalue weighted by Crippen LogP contribution is 2.21. The fraction of sp³-hybridized carbons (Fsp3) is 0.500. The van der Waals surface area contributed by atoms with Crippen molar-refractivity contribution in [1.29, 1.82) is 0 Å². The van der Waals surface area contributed by atoms with Crippen LogP contribution in [0.3, 0.4) is 0 Å². The van der Waals surface area contributed by atoms with E-state index in [2.05, 4.69) is 0 Å². The Hall–Kier alpha value is -0.570.